The molecule has 2 rings (SSSR count). The minimum Gasteiger partial charge on any atom is -0.449 e. The fourth-order valence-electron chi connectivity index (χ4n) is 1.79. The Morgan fingerprint density at radius 2 is 2.11 bits per heavy atom. The van der Waals surface area contributed by atoms with Crippen molar-refractivity contribution in [3.05, 3.63) is 16.5 Å². The Bertz CT molecular complexity index is 471. The molecular formula is C10H11NO6S. The van der Waals surface area contributed by atoms with E-state index in [0.29, 0.717) is 18.2 Å². The molecule has 1 aromatic rings. The zero-order valence-electron chi connectivity index (χ0n) is 9.29. The van der Waals surface area contributed by atoms with Crippen LogP contribution in [0.4, 0.5) is 9.59 Å². The van der Waals surface area contributed by atoms with E-state index in [2.05, 4.69) is 9.57 Å². The summed E-state index contributed by atoms with van der Waals surface area (Å²) in [6, 6.07) is 1.61. The quantitative estimate of drug-likeness (QED) is 0.797. The molecule has 0 bridgehead atoms. The highest BCUT2D eigenvalue weighted by Gasteiger charge is 2.21. The van der Waals surface area contributed by atoms with Crippen molar-refractivity contribution in [3.63, 3.8) is 0 Å². The zero-order chi connectivity index (χ0) is 13.1. The van der Waals surface area contributed by atoms with Gasteiger partial charge in [-0.05, 0) is 24.5 Å². The molecule has 0 amide bonds. The van der Waals surface area contributed by atoms with Crippen LogP contribution in [0.5, 0.6) is 5.06 Å². The van der Waals surface area contributed by atoms with Gasteiger partial charge in [-0.3, -0.25) is 0 Å². The van der Waals surface area contributed by atoms with Crippen LogP contribution in [0.1, 0.15) is 16.9 Å². The Hall–Kier alpha value is -1.80. The fraction of sp³-hybridized carbons (Fsp3) is 0.400. The number of hydrogen-bond acceptors (Lipinski definition) is 6. The zero-order valence-corrected chi connectivity index (χ0v) is 10.1. The molecule has 0 saturated carbocycles. The molecule has 0 saturated heterocycles. The van der Waals surface area contributed by atoms with E-state index >= 15 is 0 Å². The molecule has 0 spiro atoms. The Balaban J connectivity index is 2.12. The molecule has 0 atom stereocenters. The lowest BCUT2D eigenvalue weighted by atomic mass is 10.2. The van der Waals surface area contributed by atoms with Crippen LogP contribution in [0.2, 0.25) is 0 Å². The maximum atomic E-state index is 10.5. The van der Waals surface area contributed by atoms with Crippen LogP contribution in [0.3, 0.4) is 0 Å². The normalized spacial score (nSPS) is 15.6. The van der Waals surface area contributed by atoms with E-state index in [0.717, 1.165) is 23.3 Å². The van der Waals surface area contributed by atoms with Gasteiger partial charge in [0.15, 0.2) is 5.06 Å². The van der Waals surface area contributed by atoms with E-state index in [1.807, 2.05) is 0 Å². The van der Waals surface area contributed by atoms with Gasteiger partial charge in [-0.15, -0.1) is 16.4 Å². The van der Waals surface area contributed by atoms with Crippen LogP contribution in [0.25, 0.3) is 0 Å². The summed E-state index contributed by atoms with van der Waals surface area (Å²) in [6.07, 6.45) is -1.21. The van der Waals surface area contributed by atoms with Gasteiger partial charge >= 0.3 is 12.3 Å². The van der Waals surface area contributed by atoms with Crippen LogP contribution < -0.4 is 4.74 Å². The number of aryl methyl sites for hydroxylation is 1. The third-order valence-electron chi connectivity index (χ3n) is 2.43. The number of thiophene rings is 1. The minimum absolute atomic E-state index is 0.296. The molecule has 7 nitrogen and oxygen atoms in total. The summed E-state index contributed by atoms with van der Waals surface area (Å²) in [5.41, 5.74) is 0.843. The topological polar surface area (TPSA) is 96.3 Å². The van der Waals surface area contributed by atoms with Crippen molar-refractivity contribution in [2.45, 2.75) is 19.4 Å². The van der Waals surface area contributed by atoms with Crippen molar-refractivity contribution in [1.82, 2.24) is 5.06 Å². The largest absolute Gasteiger partial charge is 0.525 e. The molecule has 8 heteroatoms. The maximum absolute atomic E-state index is 10.5. The van der Waals surface area contributed by atoms with Gasteiger partial charge in [-0.2, -0.15) is 0 Å². The second-order valence-corrected chi connectivity index (χ2v) is 4.81. The maximum Gasteiger partial charge on any atom is 0.525 e. The Labute approximate surface area is 106 Å². The van der Waals surface area contributed by atoms with Crippen LogP contribution in [0.15, 0.2) is 6.07 Å². The first-order chi connectivity index (χ1) is 8.54. The molecule has 0 unspecified atom stereocenters. The third kappa shape index (κ3) is 3.11. The van der Waals surface area contributed by atoms with E-state index < -0.39 is 12.3 Å². The van der Waals surface area contributed by atoms with Crippen molar-refractivity contribution in [2.75, 3.05) is 6.54 Å². The second-order valence-electron chi connectivity index (χ2n) is 3.71. The smallest absolute Gasteiger partial charge is 0.449 e. The first kappa shape index (κ1) is 12.7. The molecule has 1 aliphatic heterocycles. The van der Waals surface area contributed by atoms with Crippen LogP contribution in [-0.2, 0) is 17.8 Å². The van der Waals surface area contributed by atoms with E-state index in [4.69, 9.17) is 10.2 Å². The lowest BCUT2D eigenvalue weighted by molar-refractivity contribution is -0.125. The predicted octanol–water partition coefficient (Wildman–Crippen LogP) is 2.16. The molecule has 0 radical (unpaired) electrons. The molecule has 18 heavy (non-hydrogen) atoms. The Morgan fingerprint density at radius 3 is 2.78 bits per heavy atom. The number of hydroxylamine groups is 2. The summed E-state index contributed by atoms with van der Waals surface area (Å²) in [7, 11) is 0. The van der Waals surface area contributed by atoms with E-state index in [-0.39, 0.29) is 0 Å². The molecule has 2 heterocycles. The highest BCUT2D eigenvalue weighted by atomic mass is 32.1. The standard InChI is InChI=1S/C10H11NO6S/c12-9(13)16-8-4-6-5-11(17-10(14)15)3-1-2-7(6)18-8/h4H,1-3,5H2,(H,12,13)(H,14,15). The van der Waals surface area contributed by atoms with Crippen molar-refractivity contribution in [2.24, 2.45) is 0 Å². The van der Waals surface area contributed by atoms with Crippen molar-refractivity contribution >= 4 is 23.6 Å². The average Bonchev–Trinajstić information content (AvgIpc) is 2.49. The number of rotatable bonds is 2. The Kier molecular flexibility index (Phi) is 3.68. The van der Waals surface area contributed by atoms with Gasteiger partial charge in [-0.25, -0.2) is 9.59 Å². The van der Waals surface area contributed by atoms with Gasteiger partial charge < -0.3 is 19.8 Å². The van der Waals surface area contributed by atoms with E-state index in [9.17, 15) is 9.59 Å². The summed E-state index contributed by atoms with van der Waals surface area (Å²) in [4.78, 5) is 26.5. The van der Waals surface area contributed by atoms with Crippen molar-refractivity contribution in [1.29, 1.82) is 0 Å². The highest BCUT2D eigenvalue weighted by Crippen LogP contribution is 2.33. The summed E-state index contributed by atoms with van der Waals surface area (Å²) >= 11 is 1.27. The molecule has 1 aliphatic rings. The fourth-order valence-corrected chi connectivity index (χ4v) is 2.85. The molecule has 2 N–H and O–H groups in total. The number of nitrogens with zero attached hydrogens (tertiary/aromatic N) is 1. The number of hydrogen-bond donors (Lipinski definition) is 2. The number of fused-ring (bicyclic) bond motifs is 1. The van der Waals surface area contributed by atoms with Gasteiger partial charge in [0, 0.05) is 11.4 Å². The first-order valence-electron chi connectivity index (χ1n) is 5.23. The van der Waals surface area contributed by atoms with Crippen LogP contribution in [-0.4, -0.2) is 34.1 Å². The van der Waals surface area contributed by atoms with Crippen LogP contribution >= 0.6 is 11.3 Å². The molecular weight excluding hydrogens is 262 g/mol. The van der Waals surface area contributed by atoms with E-state index in [1.165, 1.54) is 16.4 Å². The molecule has 0 fully saturated rings. The van der Waals surface area contributed by atoms with Crippen LogP contribution in [0, 0.1) is 0 Å². The number of carbonyl (C=O) groups is 2. The summed E-state index contributed by atoms with van der Waals surface area (Å²) in [5, 5.41) is 18.7. The lowest BCUT2D eigenvalue weighted by Crippen LogP contribution is -2.26. The average molecular weight is 273 g/mol. The van der Waals surface area contributed by atoms with Gasteiger partial charge in [0.25, 0.3) is 0 Å². The van der Waals surface area contributed by atoms with Gasteiger partial charge in [-0.1, -0.05) is 0 Å². The van der Waals surface area contributed by atoms with Gasteiger partial charge in [0.05, 0.1) is 6.54 Å². The molecule has 1 aromatic heterocycles. The van der Waals surface area contributed by atoms with Gasteiger partial charge in [0.2, 0.25) is 0 Å². The SMILES string of the molecule is O=C(O)Oc1cc2c(s1)CCCN(OC(=O)O)C2. The highest BCUT2D eigenvalue weighted by molar-refractivity contribution is 7.14. The van der Waals surface area contributed by atoms with Crippen molar-refractivity contribution in [3.8, 4) is 5.06 Å². The number of carboxylic acid groups (broad SMARTS) is 2. The number of ether oxygens (including phenoxy) is 1. The summed E-state index contributed by atoms with van der Waals surface area (Å²) in [6.45, 7) is 0.823. The van der Waals surface area contributed by atoms with E-state index in [1.54, 1.807) is 6.07 Å². The molecule has 98 valence electrons. The van der Waals surface area contributed by atoms with Crippen molar-refractivity contribution < 1.29 is 29.4 Å². The predicted molar refractivity (Wildman–Crippen MR) is 60.8 cm³/mol. The van der Waals surface area contributed by atoms with Gasteiger partial charge in [0.1, 0.15) is 0 Å². The summed E-state index contributed by atoms with van der Waals surface area (Å²) in [5.74, 6) is 0. The lowest BCUT2D eigenvalue weighted by Gasteiger charge is -2.16. The summed E-state index contributed by atoms with van der Waals surface area (Å²) < 4.78 is 4.58. The minimum atomic E-state index is -1.36. The Morgan fingerprint density at radius 1 is 1.33 bits per heavy atom. The third-order valence-corrected chi connectivity index (χ3v) is 3.54. The molecule has 0 aromatic carbocycles. The molecule has 0 aliphatic carbocycles. The monoisotopic (exact) mass is 273 g/mol. The first-order valence-corrected chi connectivity index (χ1v) is 6.04. The second kappa shape index (κ2) is 5.23.